The topological polar surface area (TPSA) is 26.3 Å². The summed E-state index contributed by atoms with van der Waals surface area (Å²) >= 11 is 10.8. The van der Waals surface area contributed by atoms with Crippen LogP contribution in [-0.2, 0) is 9.53 Å². The van der Waals surface area contributed by atoms with E-state index in [2.05, 4.69) is 0 Å². The zero-order chi connectivity index (χ0) is 8.97. The first-order valence-corrected chi connectivity index (χ1v) is 5.02. The standard InChI is InChI=1S/C8H12Cl2O2/c9-5-12-7-3-1-6(2-4-7)8(10)11/h6-7H,1-5H2. The molecule has 12 heavy (non-hydrogen) atoms. The Balaban J connectivity index is 2.25. The molecule has 0 bridgehead atoms. The molecule has 0 heterocycles. The second-order valence-electron chi connectivity index (χ2n) is 3.05. The highest BCUT2D eigenvalue weighted by Gasteiger charge is 2.25. The molecule has 0 aromatic heterocycles. The van der Waals surface area contributed by atoms with Crippen molar-refractivity contribution in [3.63, 3.8) is 0 Å². The first-order valence-electron chi connectivity index (χ1n) is 4.11. The molecular formula is C8H12Cl2O2. The van der Waals surface area contributed by atoms with E-state index in [4.69, 9.17) is 27.9 Å². The lowest BCUT2D eigenvalue weighted by atomic mass is 9.88. The molecule has 1 aliphatic rings. The Morgan fingerprint density at radius 2 is 1.92 bits per heavy atom. The normalized spacial score (nSPS) is 30.2. The zero-order valence-electron chi connectivity index (χ0n) is 6.76. The molecular weight excluding hydrogens is 199 g/mol. The Labute approximate surface area is 82.2 Å². The molecule has 0 aromatic carbocycles. The average Bonchev–Trinajstić information content (AvgIpc) is 2.06. The molecule has 1 aliphatic carbocycles. The highest BCUT2D eigenvalue weighted by molar-refractivity contribution is 6.63. The summed E-state index contributed by atoms with van der Waals surface area (Å²) in [4.78, 5) is 10.8. The van der Waals surface area contributed by atoms with Crippen molar-refractivity contribution in [3.8, 4) is 0 Å². The van der Waals surface area contributed by atoms with Crippen LogP contribution in [0.5, 0.6) is 0 Å². The van der Waals surface area contributed by atoms with Crippen LogP contribution in [0.15, 0.2) is 0 Å². The van der Waals surface area contributed by atoms with Crippen molar-refractivity contribution >= 4 is 28.4 Å². The molecule has 1 fully saturated rings. The largest absolute Gasteiger partial charge is 0.363 e. The Hall–Kier alpha value is 0.210. The lowest BCUT2D eigenvalue weighted by Crippen LogP contribution is -2.23. The van der Waals surface area contributed by atoms with Gasteiger partial charge >= 0.3 is 0 Å². The van der Waals surface area contributed by atoms with Gasteiger partial charge in [-0.25, -0.2) is 0 Å². The fourth-order valence-electron chi connectivity index (χ4n) is 1.55. The van der Waals surface area contributed by atoms with Crippen LogP contribution in [0.3, 0.4) is 0 Å². The number of rotatable bonds is 3. The molecule has 0 radical (unpaired) electrons. The maximum absolute atomic E-state index is 10.8. The van der Waals surface area contributed by atoms with Gasteiger partial charge in [-0.15, -0.1) is 0 Å². The van der Waals surface area contributed by atoms with Crippen LogP contribution >= 0.6 is 23.2 Å². The smallest absolute Gasteiger partial charge is 0.224 e. The van der Waals surface area contributed by atoms with E-state index in [1.165, 1.54) is 0 Å². The van der Waals surface area contributed by atoms with E-state index in [9.17, 15) is 4.79 Å². The van der Waals surface area contributed by atoms with Gasteiger partial charge in [0.2, 0.25) is 5.24 Å². The van der Waals surface area contributed by atoms with Gasteiger partial charge in [0, 0.05) is 5.92 Å². The zero-order valence-corrected chi connectivity index (χ0v) is 8.27. The van der Waals surface area contributed by atoms with Gasteiger partial charge in [-0.1, -0.05) is 11.6 Å². The quantitative estimate of drug-likeness (QED) is 0.529. The molecule has 0 N–H and O–H groups in total. The molecule has 1 rings (SSSR count). The third-order valence-electron chi connectivity index (χ3n) is 2.29. The fourth-order valence-corrected chi connectivity index (χ4v) is 1.94. The van der Waals surface area contributed by atoms with Crippen LogP contribution in [0.25, 0.3) is 0 Å². The molecule has 2 nitrogen and oxygen atoms in total. The Bertz CT molecular complexity index is 153. The number of hydrogen-bond donors (Lipinski definition) is 0. The van der Waals surface area contributed by atoms with Crippen molar-refractivity contribution in [1.82, 2.24) is 0 Å². The maximum Gasteiger partial charge on any atom is 0.224 e. The van der Waals surface area contributed by atoms with Crippen molar-refractivity contribution in [2.24, 2.45) is 5.92 Å². The highest BCUT2D eigenvalue weighted by atomic mass is 35.5. The molecule has 0 unspecified atom stereocenters. The van der Waals surface area contributed by atoms with Crippen LogP contribution in [0, 0.1) is 5.92 Å². The van der Waals surface area contributed by atoms with E-state index < -0.39 is 0 Å². The first-order chi connectivity index (χ1) is 5.74. The maximum atomic E-state index is 10.8. The van der Waals surface area contributed by atoms with Gasteiger partial charge < -0.3 is 4.74 Å². The van der Waals surface area contributed by atoms with Crippen LogP contribution in [0.2, 0.25) is 0 Å². The average molecular weight is 211 g/mol. The van der Waals surface area contributed by atoms with Gasteiger partial charge in [-0.3, -0.25) is 4.79 Å². The van der Waals surface area contributed by atoms with Crippen LogP contribution in [-0.4, -0.2) is 17.4 Å². The third-order valence-corrected chi connectivity index (χ3v) is 2.73. The summed E-state index contributed by atoms with van der Waals surface area (Å²) in [7, 11) is 0. The number of hydrogen-bond acceptors (Lipinski definition) is 2. The Kier molecular flexibility index (Phi) is 4.33. The van der Waals surface area contributed by atoms with Gasteiger partial charge in [-0.05, 0) is 37.3 Å². The van der Waals surface area contributed by atoms with Crippen LogP contribution in [0.4, 0.5) is 0 Å². The van der Waals surface area contributed by atoms with Crippen molar-refractivity contribution in [1.29, 1.82) is 0 Å². The van der Waals surface area contributed by atoms with E-state index in [1.54, 1.807) is 0 Å². The summed E-state index contributed by atoms with van der Waals surface area (Å²) in [6.45, 7) is 0. The molecule has 0 atom stereocenters. The summed E-state index contributed by atoms with van der Waals surface area (Å²) in [5.41, 5.74) is 0. The summed E-state index contributed by atoms with van der Waals surface area (Å²) in [6, 6.07) is 0.240. The van der Waals surface area contributed by atoms with E-state index in [0.717, 1.165) is 25.7 Å². The van der Waals surface area contributed by atoms with Gasteiger partial charge in [0.25, 0.3) is 0 Å². The number of carbonyl (C=O) groups excluding carboxylic acids is 1. The SMILES string of the molecule is O=C(Cl)C1CCC(OCCl)CC1. The van der Waals surface area contributed by atoms with Gasteiger partial charge in [-0.2, -0.15) is 0 Å². The second-order valence-corrected chi connectivity index (χ2v) is 3.64. The van der Waals surface area contributed by atoms with Gasteiger partial charge in [0.05, 0.1) is 6.10 Å². The molecule has 0 saturated heterocycles. The Morgan fingerprint density at radius 1 is 1.33 bits per heavy atom. The first kappa shape index (κ1) is 10.3. The van der Waals surface area contributed by atoms with Crippen molar-refractivity contribution in [3.05, 3.63) is 0 Å². The molecule has 0 aliphatic heterocycles. The molecule has 0 aromatic rings. The Morgan fingerprint density at radius 3 is 2.33 bits per heavy atom. The number of halogens is 2. The minimum absolute atomic E-state index is 0.0434. The van der Waals surface area contributed by atoms with Crippen molar-refractivity contribution < 1.29 is 9.53 Å². The van der Waals surface area contributed by atoms with E-state index in [0.29, 0.717) is 0 Å². The van der Waals surface area contributed by atoms with Crippen molar-refractivity contribution in [2.75, 3.05) is 6.07 Å². The summed E-state index contributed by atoms with van der Waals surface area (Å²) in [5.74, 6) is 0.0434. The number of carbonyl (C=O) groups is 1. The molecule has 4 heteroatoms. The summed E-state index contributed by atoms with van der Waals surface area (Å²) in [5, 5.41) is -0.209. The van der Waals surface area contributed by atoms with E-state index in [1.807, 2.05) is 0 Å². The minimum Gasteiger partial charge on any atom is -0.363 e. The summed E-state index contributed by atoms with van der Waals surface area (Å²) < 4.78 is 5.22. The van der Waals surface area contributed by atoms with Crippen molar-refractivity contribution in [2.45, 2.75) is 31.8 Å². The molecule has 70 valence electrons. The highest BCUT2D eigenvalue weighted by Crippen LogP contribution is 2.27. The molecule has 1 saturated carbocycles. The van der Waals surface area contributed by atoms with Crippen LogP contribution < -0.4 is 0 Å². The second kappa shape index (κ2) is 5.05. The molecule has 0 amide bonds. The predicted octanol–water partition coefficient (Wildman–Crippen LogP) is 2.52. The number of ether oxygens (including phenoxy) is 1. The third kappa shape index (κ3) is 2.92. The monoisotopic (exact) mass is 210 g/mol. The van der Waals surface area contributed by atoms with E-state index >= 15 is 0 Å². The predicted molar refractivity (Wildman–Crippen MR) is 48.4 cm³/mol. The molecule has 0 spiro atoms. The lowest BCUT2D eigenvalue weighted by Gasteiger charge is -2.25. The van der Waals surface area contributed by atoms with E-state index in [-0.39, 0.29) is 23.3 Å². The summed E-state index contributed by atoms with van der Waals surface area (Å²) in [6.07, 6.45) is 3.70. The van der Waals surface area contributed by atoms with Gasteiger partial charge in [0.1, 0.15) is 6.07 Å². The minimum atomic E-state index is -0.209. The number of alkyl halides is 1. The fraction of sp³-hybridized carbons (Fsp3) is 0.875. The van der Waals surface area contributed by atoms with Crippen LogP contribution in [0.1, 0.15) is 25.7 Å². The van der Waals surface area contributed by atoms with Gasteiger partial charge in [0.15, 0.2) is 0 Å². The lowest BCUT2D eigenvalue weighted by molar-refractivity contribution is -0.116.